The van der Waals surface area contributed by atoms with Crippen LogP contribution in [0.2, 0.25) is 0 Å². The fraction of sp³-hybridized carbons (Fsp3) is 0.500. The first-order valence-corrected chi connectivity index (χ1v) is 0.908. The van der Waals surface area contributed by atoms with Crippen molar-refractivity contribution in [3.8, 4) is 0 Å². The van der Waals surface area contributed by atoms with Gasteiger partial charge in [0.1, 0.15) is 0 Å². The average Bonchev–Trinajstić information content (AvgIpc) is 0.811. The summed E-state index contributed by atoms with van der Waals surface area (Å²) in [6.45, 7) is 0.972. The predicted octanol–water partition coefficient (Wildman–Crippen LogP) is 0.208. The third-order valence-electron chi connectivity index (χ3n) is 0. The Hall–Kier alpha value is -0.280. The van der Waals surface area contributed by atoms with Crippen LogP contribution in [-0.4, -0.2) is 11.4 Å². The topological polar surface area (TPSA) is 67.0 Å². The number of hydrogen-bond donors (Lipinski definition) is 1. The number of carbonyl (C=O) groups is 1. The van der Waals surface area contributed by atoms with Crippen LogP contribution in [0.25, 0.3) is 0 Å². The number of rotatable bonds is 0. The van der Waals surface area contributed by atoms with Gasteiger partial charge in [0.25, 0.3) is 0 Å². The standard InChI is InChI=1S/C2H3O2.ClH.HO/c1-2(3)4;;/h1H3;2*1H. The molecule has 0 spiro atoms. The maximum Gasteiger partial charge on any atom is 0.352 e. The van der Waals surface area contributed by atoms with Crippen molar-refractivity contribution >= 4 is 18.4 Å². The van der Waals surface area contributed by atoms with Crippen molar-refractivity contribution in [3.05, 3.63) is 0 Å². The van der Waals surface area contributed by atoms with E-state index < -0.39 is 5.97 Å². The summed E-state index contributed by atoms with van der Waals surface area (Å²) in [5.41, 5.74) is 0. The lowest BCUT2D eigenvalue weighted by atomic mass is 10.9. The third kappa shape index (κ3) is 351. The molecule has 0 rings (SSSR count). The maximum absolute atomic E-state index is 8.89. The molecule has 0 aromatic heterocycles. The van der Waals surface area contributed by atoms with E-state index in [1.807, 2.05) is 0 Å². The molecule has 0 aliphatic carbocycles. The average molecular weight is 113 g/mol. The molecule has 0 saturated heterocycles. The van der Waals surface area contributed by atoms with Gasteiger partial charge in [-0.05, 0) is 0 Å². The van der Waals surface area contributed by atoms with Crippen LogP contribution >= 0.6 is 12.4 Å². The molecule has 0 bridgehead atoms. The molecule has 0 unspecified atom stereocenters. The molecule has 0 atom stereocenters. The Bertz CT molecular complexity index is 31.8. The first kappa shape index (κ1) is 17.2. The first-order valence-electron chi connectivity index (χ1n) is 0.908. The summed E-state index contributed by atoms with van der Waals surface area (Å²) in [5, 5.41) is 8.89. The van der Waals surface area contributed by atoms with Crippen LogP contribution in [0.1, 0.15) is 6.92 Å². The highest BCUT2D eigenvalue weighted by atomic mass is 35.5. The number of hydrogen-bond acceptors (Lipinski definition) is 1. The molecule has 0 aliphatic rings. The highest BCUT2D eigenvalue weighted by molar-refractivity contribution is 5.85. The zero-order chi connectivity index (χ0) is 3.58. The second-order valence-electron chi connectivity index (χ2n) is 0.492. The Balaban J connectivity index is -0.0000000450. The van der Waals surface area contributed by atoms with Gasteiger partial charge < -0.3 is 0 Å². The summed E-state index contributed by atoms with van der Waals surface area (Å²) in [4.78, 5) is 8.89. The molecule has 6 heavy (non-hydrogen) atoms. The fourth-order valence-corrected chi connectivity index (χ4v) is 0. The van der Waals surface area contributed by atoms with Crippen molar-refractivity contribution < 1.29 is 15.4 Å². The maximum atomic E-state index is 8.89. The lowest BCUT2D eigenvalue weighted by Gasteiger charge is -1.50. The molecule has 0 amide bonds. The summed E-state index contributed by atoms with van der Waals surface area (Å²) >= 11 is 0. The fourth-order valence-electron chi connectivity index (χ4n) is 0. The minimum Gasteiger partial charge on any atom is -0.255 e. The molecule has 0 heterocycles. The molecule has 0 fully saturated rings. The van der Waals surface area contributed by atoms with E-state index in [0.717, 1.165) is 6.92 Å². The number of carbonyl (C=O) groups excluding carboxylic acids is 1. The largest absolute Gasteiger partial charge is 0.352 e. The minimum absolute atomic E-state index is 0. The van der Waals surface area contributed by atoms with Crippen molar-refractivity contribution in [2.75, 3.05) is 0 Å². The van der Waals surface area contributed by atoms with Gasteiger partial charge in [-0.1, -0.05) is 0 Å². The molecule has 4 heteroatoms. The van der Waals surface area contributed by atoms with Gasteiger partial charge in [0.05, 0.1) is 0 Å². The van der Waals surface area contributed by atoms with E-state index in [9.17, 15) is 0 Å². The summed E-state index contributed by atoms with van der Waals surface area (Å²) < 4.78 is 0. The molecule has 0 saturated carbocycles. The van der Waals surface area contributed by atoms with Crippen LogP contribution in [0.4, 0.5) is 0 Å². The van der Waals surface area contributed by atoms with Crippen LogP contribution in [0, 0.1) is 0 Å². The van der Waals surface area contributed by atoms with E-state index in [4.69, 9.17) is 9.90 Å². The number of halogens is 1. The van der Waals surface area contributed by atoms with Crippen molar-refractivity contribution in [1.29, 1.82) is 0 Å². The van der Waals surface area contributed by atoms with E-state index in [2.05, 4.69) is 0 Å². The van der Waals surface area contributed by atoms with Gasteiger partial charge in [0, 0.05) is 6.92 Å². The monoisotopic (exact) mass is 112 g/mol. The molecular weight excluding hydrogens is 107 g/mol. The highest BCUT2D eigenvalue weighted by Crippen LogP contribution is 1.45. The molecule has 1 N–H and O–H groups in total. The SMILES string of the molecule is CC([O])=O.Cl.[OH]. The normalized spacial score (nSPS) is 4.17. The lowest BCUT2D eigenvalue weighted by Crippen LogP contribution is -1.74. The summed E-state index contributed by atoms with van der Waals surface area (Å²) in [6, 6.07) is 0. The second-order valence-corrected chi connectivity index (χ2v) is 0.492. The van der Waals surface area contributed by atoms with Crippen LogP contribution in [-0.2, 0) is 9.90 Å². The Labute approximate surface area is 41.7 Å². The molecule has 0 aromatic carbocycles. The first-order chi connectivity index (χ1) is 1.73. The van der Waals surface area contributed by atoms with Crippen LogP contribution in [0.3, 0.4) is 0 Å². The summed E-state index contributed by atoms with van der Waals surface area (Å²) in [6.07, 6.45) is 0. The Morgan fingerprint density at radius 3 is 1.50 bits per heavy atom. The van der Waals surface area contributed by atoms with Crippen LogP contribution in [0.15, 0.2) is 0 Å². The van der Waals surface area contributed by atoms with Gasteiger partial charge >= 0.3 is 5.97 Å². The zero-order valence-corrected chi connectivity index (χ0v) is 3.99. The Morgan fingerprint density at radius 2 is 1.50 bits per heavy atom. The second kappa shape index (κ2) is 8.83. The van der Waals surface area contributed by atoms with Crippen molar-refractivity contribution in [2.45, 2.75) is 6.92 Å². The highest BCUT2D eigenvalue weighted by Gasteiger charge is 1.71. The molecule has 0 aliphatic heterocycles. The van der Waals surface area contributed by atoms with E-state index in [-0.39, 0.29) is 17.9 Å². The minimum atomic E-state index is -1.08. The molecular formula is C2H5ClO3. The van der Waals surface area contributed by atoms with Crippen molar-refractivity contribution in [3.63, 3.8) is 0 Å². The van der Waals surface area contributed by atoms with Gasteiger partial charge in [0.2, 0.25) is 0 Å². The van der Waals surface area contributed by atoms with Gasteiger partial charge in [0.15, 0.2) is 0 Å². The molecule has 0 aromatic rings. The quantitative estimate of drug-likeness (QED) is 0.478. The predicted molar refractivity (Wildman–Crippen MR) is 20.6 cm³/mol. The van der Waals surface area contributed by atoms with Crippen molar-refractivity contribution in [1.82, 2.24) is 0 Å². The Morgan fingerprint density at radius 1 is 1.50 bits per heavy atom. The van der Waals surface area contributed by atoms with Crippen molar-refractivity contribution in [2.24, 2.45) is 0 Å². The summed E-state index contributed by atoms with van der Waals surface area (Å²) in [7, 11) is 0. The van der Waals surface area contributed by atoms with Gasteiger partial charge in [-0.3, -0.25) is 5.48 Å². The third-order valence-corrected chi connectivity index (χ3v) is 0. The lowest BCUT2D eigenvalue weighted by molar-refractivity contribution is -0.140. The van der Waals surface area contributed by atoms with E-state index in [1.165, 1.54) is 0 Å². The van der Waals surface area contributed by atoms with Gasteiger partial charge in [-0.25, -0.2) is 9.90 Å². The molecule has 3 nitrogen and oxygen atoms in total. The van der Waals surface area contributed by atoms with Crippen LogP contribution < -0.4 is 0 Å². The van der Waals surface area contributed by atoms with E-state index in [0.29, 0.717) is 0 Å². The Kier molecular flexibility index (Phi) is 25.3. The van der Waals surface area contributed by atoms with E-state index in [1.54, 1.807) is 0 Å². The van der Waals surface area contributed by atoms with Gasteiger partial charge in [-0.2, -0.15) is 0 Å². The smallest absolute Gasteiger partial charge is 0.255 e. The van der Waals surface area contributed by atoms with Crippen LogP contribution in [0.5, 0.6) is 0 Å². The zero-order valence-electron chi connectivity index (χ0n) is 3.17. The molecule has 38 valence electrons. The summed E-state index contributed by atoms with van der Waals surface area (Å²) in [5.74, 6) is -1.08. The van der Waals surface area contributed by atoms with E-state index >= 15 is 0 Å². The van der Waals surface area contributed by atoms with Gasteiger partial charge in [-0.15, -0.1) is 12.4 Å². The molecule has 2 radical (unpaired) electrons.